The maximum atomic E-state index is 11.5. The van der Waals surface area contributed by atoms with Crippen LogP contribution >= 0.6 is 0 Å². The highest BCUT2D eigenvalue weighted by Crippen LogP contribution is 1.99. The number of nitrogens with zero attached hydrogens (tertiary/aromatic N) is 2. The van der Waals surface area contributed by atoms with Crippen LogP contribution in [0.25, 0.3) is 0 Å². The number of H-pyrrole nitrogens is 2. The molecular formula is C16H25N9O5. The second-order valence-electron chi connectivity index (χ2n) is 6.02. The first kappa shape index (κ1) is 24.1. The summed E-state index contributed by atoms with van der Waals surface area (Å²) >= 11 is 0. The van der Waals surface area contributed by atoms with E-state index in [1.165, 1.54) is 12.7 Å². The number of nitrogens with two attached hydrogens (primary N) is 2. The molecular weight excluding hydrogens is 398 g/mol. The lowest BCUT2D eigenvalue weighted by Gasteiger charge is -2.13. The molecule has 0 aliphatic heterocycles. The molecule has 0 radical (unpaired) electrons. The number of nitrogens with one attached hydrogen (secondary N) is 5. The fourth-order valence-corrected chi connectivity index (χ4v) is 2.10. The lowest BCUT2D eigenvalue weighted by Crippen LogP contribution is -2.43. The zero-order valence-corrected chi connectivity index (χ0v) is 16.0. The second-order valence-corrected chi connectivity index (χ2v) is 6.02. The SMILES string of the molecule is N=C(N)NCCC(=O)N[C@@H](Cc1c[nH]cn1)C(=O)O.NC(Cc1c[nH]cn1)C(=O)O. The minimum Gasteiger partial charge on any atom is -0.480 e. The molecule has 14 heteroatoms. The van der Waals surface area contributed by atoms with Crippen LogP contribution in [0.5, 0.6) is 0 Å². The summed E-state index contributed by atoms with van der Waals surface area (Å²) in [6.07, 6.45) is 6.52. The van der Waals surface area contributed by atoms with Crippen LogP contribution in [-0.4, -0.2) is 72.6 Å². The first-order valence-corrected chi connectivity index (χ1v) is 8.72. The van der Waals surface area contributed by atoms with Gasteiger partial charge in [0.25, 0.3) is 0 Å². The molecule has 2 aromatic heterocycles. The molecule has 11 N–H and O–H groups in total. The van der Waals surface area contributed by atoms with E-state index >= 15 is 0 Å². The van der Waals surface area contributed by atoms with Gasteiger partial charge in [0, 0.05) is 38.2 Å². The Labute approximate surface area is 171 Å². The number of guanidine groups is 1. The lowest BCUT2D eigenvalue weighted by atomic mass is 10.1. The lowest BCUT2D eigenvalue weighted by molar-refractivity contribution is -0.141. The van der Waals surface area contributed by atoms with Gasteiger partial charge in [-0.3, -0.25) is 15.0 Å². The molecule has 0 saturated heterocycles. The van der Waals surface area contributed by atoms with E-state index in [0.717, 1.165) is 0 Å². The number of carboxylic acids is 2. The summed E-state index contributed by atoms with van der Waals surface area (Å²) in [6.45, 7) is 0.176. The zero-order valence-electron chi connectivity index (χ0n) is 16.0. The molecule has 14 nitrogen and oxygen atoms in total. The van der Waals surface area contributed by atoms with E-state index in [4.69, 9.17) is 27.1 Å². The normalized spacial score (nSPS) is 12.0. The van der Waals surface area contributed by atoms with E-state index in [2.05, 4.69) is 30.6 Å². The van der Waals surface area contributed by atoms with Crippen molar-refractivity contribution in [3.63, 3.8) is 0 Å². The molecule has 0 aliphatic rings. The number of carbonyl (C=O) groups excluding carboxylic acids is 1. The number of aromatic nitrogens is 4. The van der Waals surface area contributed by atoms with Crippen LogP contribution in [-0.2, 0) is 27.2 Å². The number of carboxylic acid groups (broad SMARTS) is 2. The highest BCUT2D eigenvalue weighted by molar-refractivity contribution is 5.84. The van der Waals surface area contributed by atoms with Gasteiger partial charge in [0.1, 0.15) is 12.1 Å². The molecule has 164 valence electrons. The van der Waals surface area contributed by atoms with Gasteiger partial charge in [0.2, 0.25) is 5.91 Å². The van der Waals surface area contributed by atoms with Crippen molar-refractivity contribution < 1.29 is 24.6 Å². The molecule has 0 aromatic carbocycles. The third-order valence-electron chi connectivity index (χ3n) is 3.57. The van der Waals surface area contributed by atoms with Crippen LogP contribution < -0.4 is 22.1 Å². The number of imidazole rings is 2. The van der Waals surface area contributed by atoms with Crippen molar-refractivity contribution in [3.05, 3.63) is 36.4 Å². The molecule has 2 aromatic rings. The van der Waals surface area contributed by atoms with Crippen LogP contribution in [0, 0.1) is 5.41 Å². The minimum atomic E-state index is -1.13. The molecule has 0 aliphatic carbocycles. The van der Waals surface area contributed by atoms with Crippen molar-refractivity contribution in [3.8, 4) is 0 Å². The molecule has 0 spiro atoms. The first-order chi connectivity index (χ1) is 14.2. The van der Waals surface area contributed by atoms with Crippen molar-refractivity contribution in [1.29, 1.82) is 5.41 Å². The average Bonchev–Trinajstić information content (AvgIpc) is 3.35. The van der Waals surface area contributed by atoms with Crippen LogP contribution in [0.2, 0.25) is 0 Å². The Morgan fingerprint density at radius 1 is 1.07 bits per heavy atom. The van der Waals surface area contributed by atoms with Crippen molar-refractivity contribution in [2.75, 3.05) is 6.54 Å². The van der Waals surface area contributed by atoms with Crippen LogP contribution in [0.4, 0.5) is 0 Å². The Balaban J connectivity index is 0.000000346. The molecule has 2 rings (SSSR count). The van der Waals surface area contributed by atoms with E-state index in [-0.39, 0.29) is 31.8 Å². The minimum absolute atomic E-state index is 0.0317. The first-order valence-electron chi connectivity index (χ1n) is 8.72. The molecule has 0 saturated carbocycles. The Kier molecular flexibility index (Phi) is 10.0. The largest absolute Gasteiger partial charge is 0.480 e. The third-order valence-corrected chi connectivity index (χ3v) is 3.57. The molecule has 2 atom stereocenters. The smallest absolute Gasteiger partial charge is 0.326 e. The fourth-order valence-electron chi connectivity index (χ4n) is 2.10. The number of aromatic amines is 2. The summed E-state index contributed by atoms with van der Waals surface area (Å²) in [5.74, 6) is -2.81. The number of hydrogen-bond acceptors (Lipinski definition) is 7. The molecule has 1 amide bonds. The van der Waals surface area contributed by atoms with Crippen molar-refractivity contribution in [2.45, 2.75) is 31.3 Å². The Morgan fingerprint density at radius 3 is 2.07 bits per heavy atom. The summed E-state index contributed by atoms with van der Waals surface area (Å²) < 4.78 is 0. The van der Waals surface area contributed by atoms with Crippen molar-refractivity contribution in [2.24, 2.45) is 11.5 Å². The molecule has 1 unspecified atom stereocenters. The summed E-state index contributed by atoms with van der Waals surface area (Å²) in [5, 5.41) is 29.2. The van der Waals surface area contributed by atoms with Gasteiger partial charge in [0.05, 0.1) is 24.0 Å². The summed E-state index contributed by atoms with van der Waals surface area (Å²) in [6, 6.07) is -1.90. The summed E-state index contributed by atoms with van der Waals surface area (Å²) in [7, 11) is 0. The predicted octanol–water partition coefficient (Wildman–Crippen LogP) is -2.24. The van der Waals surface area contributed by atoms with Crippen LogP contribution in [0.15, 0.2) is 25.0 Å². The van der Waals surface area contributed by atoms with Gasteiger partial charge < -0.3 is 42.3 Å². The highest BCUT2D eigenvalue weighted by atomic mass is 16.4. The molecule has 0 bridgehead atoms. The Bertz CT molecular complexity index is 807. The zero-order chi connectivity index (χ0) is 22.5. The van der Waals surface area contributed by atoms with Gasteiger partial charge in [-0.15, -0.1) is 0 Å². The van der Waals surface area contributed by atoms with E-state index in [9.17, 15) is 14.4 Å². The number of aliphatic carboxylic acids is 2. The predicted molar refractivity (Wildman–Crippen MR) is 104 cm³/mol. The maximum absolute atomic E-state index is 11.5. The summed E-state index contributed by atoms with van der Waals surface area (Å²) in [5.41, 5.74) is 11.5. The number of rotatable bonds is 10. The van der Waals surface area contributed by atoms with E-state index in [1.54, 1.807) is 12.4 Å². The van der Waals surface area contributed by atoms with Crippen LogP contribution in [0.3, 0.4) is 0 Å². The quantitative estimate of drug-likeness (QED) is 0.147. The molecule has 30 heavy (non-hydrogen) atoms. The Morgan fingerprint density at radius 2 is 1.63 bits per heavy atom. The van der Waals surface area contributed by atoms with E-state index < -0.39 is 29.9 Å². The molecule has 0 fully saturated rings. The maximum Gasteiger partial charge on any atom is 0.326 e. The van der Waals surface area contributed by atoms with Gasteiger partial charge in [-0.2, -0.15) is 0 Å². The molecule has 2 heterocycles. The Hall–Kier alpha value is -3.94. The average molecular weight is 423 g/mol. The van der Waals surface area contributed by atoms with Gasteiger partial charge in [-0.05, 0) is 0 Å². The van der Waals surface area contributed by atoms with Crippen molar-refractivity contribution >= 4 is 23.8 Å². The van der Waals surface area contributed by atoms with Crippen molar-refractivity contribution in [1.82, 2.24) is 30.6 Å². The van der Waals surface area contributed by atoms with Gasteiger partial charge in [-0.25, -0.2) is 14.8 Å². The summed E-state index contributed by atoms with van der Waals surface area (Å²) in [4.78, 5) is 46.0. The topological polar surface area (TPSA) is 249 Å². The third kappa shape index (κ3) is 9.84. The van der Waals surface area contributed by atoms with E-state index in [0.29, 0.717) is 11.4 Å². The fraction of sp³-hybridized carbons (Fsp3) is 0.375. The van der Waals surface area contributed by atoms with Gasteiger partial charge in [0.15, 0.2) is 5.96 Å². The number of amides is 1. The van der Waals surface area contributed by atoms with Gasteiger partial charge >= 0.3 is 11.9 Å². The van der Waals surface area contributed by atoms with E-state index in [1.807, 2.05) is 0 Å². The van der Waals surface area contributed by atoms with Crippen LogP contribution in [0.1, 0.15) is 17.8 Å². The highest BCUT2D eigenvalue weighted by Gasteiger charge is 2.21. The second kappa shape index (κ2) is 12.5. The van der Waals surface area contributed by atoms with Gasteiger partial charge in [-0.1, -0.05) is 0 Å². The monoisotopic (exact) mass is 423 g/mol. The number of hydrogen-bond donors (Lipinski definition) is 9. The number of carbonyl (C=O) groups is 3. The standard InChI is InChI=1S/C10H16N6O3.C6H9N3O2/c11-10(12)14-2-1-8(17)16-7(9(18)19)3-6-4-13-5-15-6;7-5(6(10)11)1-4-2-8-3-9-4/h4-5,7H,1-3H2,(H,13,15)(H,16,17)(H,18,19)(H4,11,12,14);2-3,5H,1,7H2,(H,8,9)(H,10,11)/t7-;/m0./s1.